The number of aliphatic hydroxyl groups is 3. The Bertz CT molecular complexity index is 1480. The Kier molecular flexibility index (Phi) is 9.39. The van der Waals surface area contributed by atoms with Crippen molar-refractivity contribution in [1.29, 1.82) is 0 Å². The molecule has 0 radical (unpaired) electrons. The summed E-state index contributed by atoms with van der Waals surface area (Å²) < 4.78 is 42.9. The molecule has 2 aromatic heterocycles. The minimum atomic E-state index is -1.54. The molecule has 1 saturated carbocycles. The lowest BCUT2D eigenvalue weighted by Gasteiger charge is -2.46. The van der Waals surface area contributed by atoms with Gasteiger partial charge in [0.1, 0.15) is 35.6 Å². The quantitative estimate of drug-likeness (QED) is 0.312. The first-order chi connectivity index (χ1) is 21.0. The first-order valence-corrected chi connectivity index (χ1v) is 14.4. The number of carbonyl (C=O) groups excluding carboxylic acids is 2. The lowest BCUT2D eigenvalue weighted by molar-refractivity contribution is -0.222. The van der Waals surface area contributed by atoms with Gasteiger partial charge in [0.05, 0.1) is 37.2 Å². The van der Waals surface area contributed by atoms with Crippen LogP contribution in [-0.4, -0.2) is 100 Å². The van der Waals surface area contributed by atoms with Crippen molar-refractivity contribution in [2.45, 2.75) is 88.7 Å². The smallest absolute Gasteiger partial charge is 0.303 e. The number of nitrogens with zero attached hydrogens (tertiary/aromatic N) is 6. The second kappa shape index (κ2) is 13.1. The fraction of sp³-hybridized carbons (Fsp3) is 0.552. The van der Waals surface area contributed by atoms with E-state index < -0.39 is 72.7 Å². The largest absolute Gasteiger partial charge is 0.457 e. The molecule has 5 rings (SSSR count). The van der Waals surface area contributed by atoms with Crippen LogP contribution in [0.4, 0.5) is 8.78 Å². The third-order valence-corrected chi connectivity index (χ3v) is 8.44. The standard InChI is InChI=1S/C29H36F2N6O7/c1-15-19(30)10-17(11-20(15)31)21-13-37(34-33-21)25-26(41)24(14-38)44-28(27(25)43-16(2)39)29(42)36(12-18-8-9-32-35(18)3)22-6-4-5-7-23(22)40/h8-11,13,22-28,38,40-41H,4-7,12,14H2,1-3H3/t22-,23-,24+,25-,26-,27+,28+/m0/s1. The van der Waals surface area contributed by atoms with E-state index in [9.17, 15) is 33.7 Å². The highest BCUT2D eigenvalue weighted by atomic mass is 19.1. The van der Waals surface area contributed by atoms with Crippen LogP contribution in [0.1, 0.15) is 49.9 Å². The molecule has 13 nitrogen and oxygen atoms in total. The number of carbonyl (C=O) groups is 2. The van der Waals surface area contributed by atoms with Gasteiger partial charge in [-0.2, -0.15) is 5.10 Å². The topological polar surface area (TPSA) is 165 Å². The summed E-state index contributed by atoms with van der Waals surface area (Å²) in [5.74, 6) is -3.00. The van der Waals surface area contributed by atoms with E-state index in [4.69, 9.17) is 9.47 Å². The Morgan fingerprint density at radius 1 is 1.18 bits per heavy atom. The zero-order valence-corrected chi connectivity index (χ0v) is 24.6. The zero-order valence-electron chi connectivity index (χ0n) is 24.6. The van der Waals surface area contributed by atoms with E-state index in [-0.39, 0.29) is 23.4 Å². The van der Waals surface area contributed by atoms with Crippen molar-refractivity contribution >= 4 is 11.9 Å². The summed E-state index contributed by atoms with van der Waals surface area (Å²) >= 11 is 0. The molecule has 0 unspecified atom stereocenters. The minimum Gasteiger partial charge on any atom is -0.457 e. The van der Waals surface area contributed by atoms with Gasteiger partial charge in [-0.05, 0) is 38.0 Å². The number of amides is 1. The summed E-state index contributed by atoms with van der Waals surface area (Å²) in [6.45, 7) is 1.78. The molecular weight excluding hydrogens is 582 g/mol. The number of aliphatic hydroxyl groups excluding tert-OH is 3. The van der Waals surface area contributed by atoms with E-state index in [1.54, 1.807) is 24.0 Å². The number of halogens is 2. The molecule has 15 heteroatoms. The van der Waals surface area contributed by atoms with Crippen molar-refractivity contribution in [2.75, 3.05) is 6.61 Å². The third kappa shape index (κ3) is 6.22. The third-order valence-electron chi connectivity index (χ3n) is 8.44. The van der Waals surface area contributed by atoms with E-state index in [2.05, 4.69) is 15.4 Å². The summed E-state index contributed by atoms with van der Waals surface area (Å²) in [5.41, 5.74) is 0.628. The normalized spacial score (nSPS) is 27.2. The van der Waals surface area contributed by atoms with Crippen molar-refractivity contribution in [2.24, 2.45) is 7.05 Å². The molecule has 0 spiro atoms. The Morgan fingerprint density at radius 2 is 1.89 bits per heavy atom. The first-order valence-electron chi connectivity index (χ1n) is 14.4. The van der Waals surface area contributed by atoms with E-state index in [0.29, 0.717) is 18.5 Å². The number of aryl methyl sites for hydroxylation is 1. The fourth-order valence-electron chi connectivity index (χ4n) is 5.98. The highest BCUT2D eigenvalue weighted by Crippen LogP contribution is 2.36. The average molecular weight is 619 g/mol. The lowest BCUT2D eigenvalue weighted by atomic mass is 9.88. The van der Waals surface area contributed by atoms with E-state index in [1.807, 2.05) is 0 Å². The van der Waals surface area contributed by atoms with Gasteiger partial charge in [-0.3, -0.25) is 14.3 Å². The molecule has 7 atom stereocenters. The van der Waals surface area contributed by atoms with Gasteiger partial charge in [-0.15, -0.1) is 5.10 Å². The molecule has 2 fully saturated rings. The fourth-order valence-corrected chi connectivity index (χ4v) is 5.98. The van der Waals surface area contributed by atoms with Crippen LogP contribution in [0, 0.1) is 18.6 Å². The maximum Gasteiger partial charge on any atom is 0.303 e. The van der Waals surface area contributed by atoms with Gasteiger partial charge in [-0.1, -0.05) is 18.1 Å². The van der Waals surface area contributed by atoms with Crippen LogP contribution in [0.25, 0.3) is 11.3 Å². The SMILES string of the molecule is CC(=O)O[C@@H]1[C@@H](n2cc(-c3cc(F)c(C)c(F)c3)nn2)[C@@H](O)[C@@H](CO)O[C@H]1C(=O)N(Cc1ccnn1C)[C@H]1CCCC[C@@H]1O. The Morgan fingerprint density at radius 3 is 2.50 bits per heavy atom. The Balaban J connectivity index is 1.54. The molecule has 3 heterocycles. The van der Waals surface area contributed by atoms with Crippen LogP contribution in [0.15, 0.2) is 30.6 Å². The van der Waals surface area contributed by atoms with Crippen molar-refractivity contribution in [1.82, 2.24) is 29.7 Å². The van der Waals surface area contributed by atoms with Gasteiger partial charge in [-0.25, -0.2) is 13.5 Å². The highest BCUT2D eigenvalue weighted by Gasteiger charge is 2.53. The maximum atomic E-state index is 14.4. The van der Waals surface area contributed by atoms with Gasteiger partial charge >= 0.3 is 5.97 Å². The minimum absolute atomic E-state index is 0.0506. The molecule has 1 aliphatic carbocycles. The van der Waals surface area contributed by atoms with Gasteiger partial charge in [0, 0.05) is 31.3 Å². The first kappa shape index (κ1) is 31.6. The van der Waals surface area contributed by atoms with Crippen LogP contribution in [0.3, 0.4) is 0 Å². The molecule has 3 aromatic rings. The second-order valence-electron chi connectivity index (χ2n) is 11.3. The van der Waals surface area contributed by atoms with Crippen molar-refractivity contribution in [3.8, 4) is 11.3 Å². The van der Waals surface area contributed by atoms with Gasteiger partial charge in [0.15, 0.2) is 12.2 Å². The molecule has 0 bridgehead atoms. The van der Waals surface area contributed by atoms with E-state index in [1.165, 1.54) is 18.0 Å². The summed E-state index contributed by atoms with van der Waals surface area (Å²) in [5, 5.41) is 44.6. The molecule has 238 valence electrons. The Hall–Kier alpha value is -3.79. The van der Waals surface area contributed by atoms with Crippen LogP contribution >= 0.6 is 0 Å². The highest BCUT2D eigenvalue weighted by molar-refractivity contribution is 5.83. The number of benzene rings is 1. The van der Waals surface area contributed by atoms with Crippen molar-refractivity contribution < 1.29 is 43.2 Å². The van der Waals surface area contributed by atoms with Crippen LogP contribution < -0.4 is 0 Å². The molecule has 44 heavy (non-hydrogen) atoms. The zero-order chi connectivity index (χ0) is 31.7. The number of aromatic nitrogens is 5. The van der Waals surface area contributed by atoms with Crippen LogP contribution in [-0.2, 0) is 32.7 Å². The predicted octanol–water partition coefficient (Wildman–Crippen LogP) is 1.19. The predicted molar refractivity (Wildman–Crippen MR) is 148 cm³/mol. The number of hydrogen-bond donors (Lipinski definition) is 3. The number of rotatable bonds is 8. The van der Waals surface area contributed by atoms with Gasteiger partial charge < -0.3 is 29.7 Å². The van der Waals surface area contributed by atoms with E-state index in [0.717, 1.165) is 36.6 Å². The van der Waals surface area contributed by atoms with Crippen LogP contribution in [0.5, 0.6) is 0 Å². The van der Waals surface area contributed by atoms with Gasteiger partial charge in [0.25, 0.3) is 5.91 Å². The molecule has 2 aliphatic rings. The number of ether oxygens (including phenoxy) is 2. The molecule has 1 saturated heterocycles. The summed E-state index contributed by atoms with van der Waals surface area (Å²) in [7, 11) is 1.72. The Labute approximate surface area is 252 Å². The lowest BCUT2D eigenvalue weighted by Crippen LogP contribution is -2.63. The maximum absolute atomic E-state index is 14.4. The summed E-state index contributed by atoms with van der Waals surface area (Å²) in [6, 6.07) is 2.03. The molecule has 3 N–H and O–H groups in total. The molecule has 1 aliphatic heterocycles. The number of hydrogen-bond acceptors (Lipinski definition) is 10. The van der Waals surface area contributed by atoms with E-state index >= 15 is 0 Å². The number of esters is 1. The monoisotopic (exact) mass is 618 g/mol. The average Bonchev–Trinajstić information content (AvgIpc) is 3.63. The summed E-state index contributed by atoms with van der Waals surface area (Å²) in [6.07, 6.45) is -1.21. The molecular formula is C29H36F2N6O7. The van der Waals surface area contributed by atoms with Gasteiger partial charge in [0.2, 0.25) is 0 Å². The molecule has 1 aromatic carbocycles. The van der Waals surface area contributed by atoms with Crippen LogP contribution in [0.2, 0.25) is 0 Å². The van der Waals surface area contributed by atoms with Crippen molar-refractivity contribution in [3.05, 3.63) is 53.5 Å². The second-order valence-corrected chi connectivity index (χ2v) is 11.3. The molecule has 1 amide bonds. The summed E-state index contributed by atoms with van der Waals surface area (Å²) in [4.78, 5) is 28.3. The van der Waals surface area contributed by atoms with Crippen molar-refractivity contribution in [3.63, 3.8) is 0 Å².